The number of allylic oxidation sites excluding steroid dienone is 1. The minimum absolute atomic E-state index is 0.0802. The number of carboxylic acid groups (broad SMARTS) is 1. The lowest BCUT2D eigenvalue weighted by atomic mass is 9.95. The fourth-order valence-electron chi connectivity index (χ4n) is 4.39. The first-order valence-corrected chi connectivity index (χ1v) is 11.5. The first-order chi connectivity index (χ1) is 18.4. The third kappa shape index (κ3) is 4.24. The summed E-state index contributed by atoms with van der Waals surface area (Å²) in [5.74, 6) is -2.72. The zero-order valence-corrected chi connectivity index (χ0v) is 20.1. The van der Waals surface area contributed by atoms with Crippen molar-refractivity contribution in [3.8, 4) is 17.6 Å². The predicted molar refractivity (Wildman–Crippen MR) is 131 cm³/mol. The molecule has 0 unspecified atom stereocenters. The van der Waals surface area contributed by atoms with Crippen LogP contribution >= 0.6 is 0 Å². The number of amides is 1. The Morgan fingerprint density at radius 3 is 2.58 bits per heavy atom. The molecule has 1 saturated heterocycles. The van der Waals surface area contributed by atoms with Crippen LogP contribution in [-0.2, 0) is 4.79 Å². The van der Waals surface area contributed by atoms with Crippen molar-refractivity contribution >= 4 is 34.1 Å². The summed E-state index contributed by atoms with van der Waals surface area (Å²) in [6.45, 7) is 0.558. The molecule has 13 heteroatoms. The van der Waals surface area contributed by atoms with Crippen molar-refractivity contribution in [1.29, 1.82) is 5.26 Å². The number of rotatable bonds is 6. The van der Waals surface area contributed by atoms with Crippen molar-refractivity contribution in [3.05, 3.63) is 65.8 Å². The van der Waals surface area contributed by atoms with Gasteiger partial charge < -0.3 is 19.7 Å². The molecule has 0 aromatic carbocycles. The number of carbonyl (C=O) groups is 3. The minimum Gasteiger partial charge on any atom is -0.494 e. The lowest BCUT2D eigenvalue weighted by Crippen LogP contribution is -2.40. The summed E-state index contributed by atoms with van der Waals surface area (Å²) in [4.78, 5) is 54.4. The zero-order chi connectivity index (χ0) is 26.8. The van der Waals surface area contributed by atoms with Crippen molar-refractivity contribution in [2.75, 3.05) is 20.2 Å². The number of carboxylic acids is 1. The number of pyridine rings is 2. The molecule has 0 spiro atoms. The summed E-state index contributed by atoms with van der Waals surface area (Å²) < 4.78 is 6.55. The van der Waals surface area contributed by atoms with Gasteiger partial charge in [-0.2, -0.15) is 9.94 Å². The van der Waals surface area contributed by atoms with Gasteiger partial charge in [-0.3, -0.25) is 14.6 Å². The van der Waals surface area contributed by atoms with E-state index in [0.717, 1.165) is 10.3 Å². The SMILES string of the molecule is COc1cnc(-n2cnc(C(=O)O)n2)c2[nH]cc(C(=O)C(=O)N3CCC(=C(C#N)c4ccccn4)CC3)c12. The minimum atomic E-state index is -1.30. The monoisotopic (exact) mass is 512 g/mol. The lowest BCUT2D eigenvalue weighted by molar-refractivity contribution is -0.126. The molecule has 4 aromatic heterocycles. The average Bonchev–Trinajstić information content (AvgIpc) is 3.62. The van der Waals surface area contributed by atoms with Crippen LogP contribution in [0.4, 0.5) is 0 Å². The molecular weight excluding hydrogens is 492 g/mol. The molecule has 1 aliphatic heterocycles. The van der Waals surface area contributed by atoms with E-state index in [1.807, 2.05) is 6.07 Å². The van der Waals surface area contributed by atoms with Crippen LogP contribution in [0.1, 0.15) is 39.5 Å². The normalized spacial score (nSPS) is 13.3. The van der Waals surface area contributed by atoms with E-state index >= 15 is 0 Å². The largest absolute Gasteiger partial charge is 0.494 e. The van der Waals surface area contributed by atoms with Gasteiger partial charge in [0.05, 0.1) is 41.0 Å². The molecule has 1 fully saturated rings. The number of hydrogen-bond donors (Lipinski definition) is 2. The van der Waals surface area contributed by atoms with Gasteiger partial charge in [0.2, 0.25) is 0 Å². The smallest absolute Gasteiger partial charge is 0.375 e. The van der Waals surface area contributed by atoms with Crippen molar-refractivity contribution in [3.63, 3.8) is 0 Å². The molecule has 0 bridgehead atoms. The first kappa shape index (κ1) is 24.3. The van der Waals surface area contributed by atoms with Gasteiger partial charge in [-0.05, 0) is 30.5 Å². The highest BCUT2D eigenvalue weighted by Gasteiger charge is 2.30. The van der Waals surface area contributed by atoms with Crippen LogP contribution in [0.15, 0.2) is 48.7 Å². The summed E-state index contributed by atoms with van der Waals surface area (Å²) in [5.41, 5.74) is 2.36. The van der Waals surface area contributed by atoms with E-state index in [2.05, 4.69) is 31.1 Å². The van der Waals surface area contributed by atoms with E-state index in [1.54, 1.807) is 18.3 Å². The van der Waals surface area contributed by atoms with Gasteiger partial charge in [0, 0.05) is 25.5 Å². The molecule has 2 N–H and O–H groups in total. The molecule has 1 aliphatic rings. The van der Waals surface area contributed by atoms with Crippen molar-refractivity contribution in [2.45, 2.75) is 12.8 Å². The molecule has 13 nitrogen and oxygen atoms in total. The summed E-state index contributed by atoms with van der Waals surface area (Å²) >= 11 is 0. The Bertz CT molecular complexity index is 1640. The van der Waals surface area contributed by atoms with Gasteiger partial charge in [-0.25, -0.2) is 14.8 Å². The number of H-pyrrole nitrogens is 1. The topological polar surface area (TPSA) is 180 Å². The van der Waals surface area contributed by atoms with Gasteiger partial charge in [0.15, 0.2) is 5.82 Å². The van der Waals surface area contributed by atoms with Crippen LogP contribution in [0.2, 0.25) is 0 Å². The van der Waals surface area contributed by atoms with E-state index in [0.29, 0.717) is 35.0 Å². The zero-order valence-electron chi connectivity index (χ0n) is 20.1. The highest BCUT2D eigenvalue weighted by Crippen LogP contribution is 2.32. The second-order valence-electron chi connectivity index (χ2n) is 8.35. The van der Waals surface area contributed by atoms with Crippen LogP contribution in [0.3, 0.4) is 0 Å². The van der Waals surface area contributed by atoms with Gasteiger partial charge >= 0.3 is 5.97 Å². The molecule has 190 valence electrons. The lowest BCUT2D eigenvalue weighted by Gasteiger charge is -2.28. The number of ketones is 1. The van der Waals surface area contributed by atoms with Crippen LogP contribution in [-0.4, -0.2) is 77.6 Å². The van der Waals surface area contributed by atoms with Crippen molar-refractivity contribution in [1.82, 2.24) is 34.6 Å². The number of aromatic carboxylic acids is 1. The average molecular weight is 512 g/mol. The highest BCUT2D eigenvalue weighted by molar-refractivity contribution is 6.45. The molecule has 0 radical (unpaired) electrons. The number of carbonyl (C=O) groups excluding carboxylic acids is 2. The number of methoxy groups -OCH3 is 1. The third-order valence-corrected chi connectivity index (χ3v) is 6.25. The Kier molecular flexibility index (Phi) is 6.36. The second kappa shape index (κ2) is 9.94. The maximum absolute atomic E-state index is 13.3. The number of Topliss-reactive ketones (excluding diaryl/α,β-unsaturated/α-hetero) is 1. The van der Waals surface area contributed by atoms with Crippen molar-refractivity contribution in [2.24, 2.45) is 0 Å². The van der Waals surface area contributed by atoms with Crippen LogP contribution in [0, 0.1) is 11.3 Å². The summed E-state index contributed by atoms with van der Waals surface area (Å²) in [5, 5.41) is 23.0. The van der Waals surface area contributed by atoms with Crippen LogP contribution in [0.25, 0.3) is 22.3 Å². The number of aromatic amines is 1. The van der Waals surface area contributed by atoms with Gasteiger partial charge in [-0.15, -0.1) is 5.10 Å². The molecule has 5 heterocycles. The number of fused-ring (bicyclic) bond motifs is 1. The van der Waals surface area contributed by atoms with Gasteiger partial charge in [0.25, 0.3) is 17.5 Å². The Balaban J connectivity index is 1.42. The number of nitriles is 1. The maximum Gasteiger partial charge on any atom is 0.375 e. The summed E-state index contributed by atoms with van der Waals surface area (Å²) in [7, 11) is 1.41. The molecule has 1 amide bonds. The van der Waals surface area contributed by atoms with Crippen LogP contribution in [0.5, 0.6) is 5.75 Å². The number of hydrogen-bond acceptors (Lipinski definition) is 9. The fourth-order valence-corrected chi connectivity index (χ4v) is 4.39. The van der Waals surface area contributed by atoms with Crippen LogP contribution < -0.4 is 4.74 Å². The first-order valence-electron chi connectivity index (χ1n) is 11.5. The molecular formula is C25H20N8O5. The second-order valence-corrected chi connectivity index (χ2v) is 8.35. The molecule has 0 aliphatic carbocycles. The van der Waals surface area contributed by atoms with E-state index < -0.39 is 23.5 Å². The standard InChI is InChI=1S/C25H20N8O5/c1-38-18-12-29-23(33-13-30-22(31-33)25(36)37)20-19(18)16(11-28-20)21(34)24(35)32-8-5-14(6-9-32)15(10-26)17-4-2-3-7-27-17/h2-4,7,11-13,28H,5-6,8-9H2,1H3,(H,36,37). The number of nitrogens with zero attached hydrogens (tertiary/aromatic N) is 7. The fraction of sp³-hybridized carbons (Fsp3) is 0.200. The third-order valence-electron chi connectivity index (χ3n) is 6.25. The number of nitrogens with one attached hydrogen (secondary N) is 1. The van der Waals surface area contributed by atoms with E-state index in [1.165, 1.54) is 30.7 Å². The number of aromatic nitrogens is 6. The Labute approximate surface area is 215 Å². The molecule has 4 aromatic rings. The summed E-state index contributed by atoms with van der Waals surface area (Å²) in [6.07, 6.45) is 6.44. The van der Waals surface area contributed by atoms with E-state index in [4.69, 9.17) is 9.84 Å². The predicted octanol–water partition coefficient (Wildman–Crippen LogP) is 2.03. The molecule has 38 heavy (non-hydrogen) atoms. The molecule has 5 rings (SSSR count). The number of ether oxygens (including phenoxy) is 1. The number of likely N-dealkylation sites (tertiary alicyclic amines) is 1. The van der Waals surface area contributed by atoms with Gasteiger partial charge in [-0.1, -0.05) is 6.07 Å². The Hall–Kier alpha value is -5.38. The van der Waals surface area contributed by atoms with E-state index in [-0.39, 0.29) is 30.2 Å². The molecule has 0 atom stereocenters. The Morgan fingerprint density at radius 2 is 1.95 bits per heavy atom. The Morgan fingerprint density at radius 1 is 1.16 bits per heavy atom. The quantitative estimate of drug-likeness (QED) is 0.220. The summed E-state index contributed by atoms with van der Waals surface area (Å²) in [6, 6.07) is 7.56. The van der Waals surface area contributed by atoms with Crippen molar-refractivity contribution < 1.29 is 24.2 Å². The number of piperidine rings is 1. The van der Waals surface area contributed by atoms with Gasteiger partial charge in [0.1, 0.15) is 18.1 Å². The molecule has 0 saturated carbocycles. The highest BCUT2D eigenvalue weighted by atomic mass is 16.5. The van der Waals surface area contributed by atoms with E-state index in [9.17, 15) is 19.6 Å². The maximum atomic E-state index is 13.3.